The van der Waals surface area contributed by atoms with E-state index in [2.05, 4.69) is 37.7 Å². The van der Waals surface area contributed by atoms with Crippen LogP contribution in [0.5, 0.6) is 0 Å². The topological polar surface area (TPSA) is 64.3 Å². The Balaban J connectivity index is 2.22. The molecule has 0 bridgehead atoms. The third-order valence-corrected chi connectivity index (χ3v) is 4.06. The number of aromatic nitrogens is 2. The Morgan fingerprint density at radius 3 is 2.43 bits per heavy atom. The molecular formula is C16H28N4O. The predicted octanol–water partition coefficient (Wildman–Crippen LogP) is 2.53. The minimum absolute atomic E-state index is 0.101. The Morgan fingerprint density at radius 1 is 1.24 bits per heavy atom. The van der Waals surface area contributed by atoms with Crippen LogP contribution in [0.25, 0.3) is 0 Å². The summed E-state index contributed by atoms with van der Waals surface area (Å²) in [5.41, 5.74) is 6.96. The van der Waals surface area contributed by atoms with E-state index >= 15 is 0 Å². The third kappa shape index (κ3) is 3.84. The van der Waals surface area contributed by atoms with E-state index in [1.54, 1.807) is 0 Å². The molecule has 0 spiro atoms. The molecule has 5 nitrogen and oxygen atoms in total. The summed E-state index contributed by atoms with van der Waals surface area (Å²) in [6.07, 6.45) is 2.24. The molecule has 2 N–H and O–H groups in total. The Morgan fingerprint density at radius 2 is 1.86 bits per heavy atom. The van der Waals surface area contributed by atoms with Gasteiger partial charge in [-0.2, -0.15) is 0 Å². The summed E-state index contributed by atoms with van der Waals surface area (Å²) in [5.74, 6) is 3.01. The number of anilines is 2. The average Bonchev–Trinajstić information content (AvgIpc) is 2.41. The Hall–Kier alpha value is -1.36. The highest BCUT2D eigenvalue weighted by Crippen LogP contribution is 2.27. The van der Waals surface area contributed by atoms with Gasteiger partial charge in [-0.3, -0.25) is 0 Å². The van der Waals surface area contributed by atoms with Gasteiger partial charge in [0.25, 0.3) is 0 Å². The van der Waals surface area contributed by atoms with Crippen LogP contribution in [0.4, 0.5) is 11.6 Å². The zero-order chi connectivity index (χ0) is 15.6. The summed E-state index contributed by atoms with van der Waals surface area (Å²) in [6, 6.07) is 0. The first-order valence-electron chi connectivity index (χ1n) is 7.72. The van der Waals surface area contributed by atoms with Gasteiger partial charge in [0.05, 0.1) is 0 Å². The highest BCUT2D eigenvalue weighted by molar-refractivity contribution is 5.56. The molecule has 21 heavy (non-hydrogen) atoms. The van der Waals surface area contributed by atoms with Crippen molar-refractivity contribution in [2.24, 2.45) is 5.92 Å². The summed E-state index contributed by atoms with van der Waals surface area (Å²) in [6.45, 7) is 11.1. The van der Waals surface area contributed by atoms with Crippen molar-refractivity contribution in [2.45, 2.75) is 46.0 Å². The first-order valence-corrected chi connectivity index (χ1v) is 7.72. The molecule has 0 saturated carbocycles. The zero-order valence-electron chi connectivity index (χ0n) is 13.9. The van der Waals surface area contributed by atoms with Gasteiger partial charge in [0.1, 0.15) is 17.5 Å². The van der Waals surface area contributed by atoms with Crippen molar-refractivity contribution >= 4 is 11.6 Å². The molecule has 0 atom stereocenters. The van der Waals surface area contributed by atoms with Crippen molar-refractivity contribution in [3.05, 3.63) is 11.4 Å². The maximum absolute atomic E-state index is 6.09. The maximum atomic E-state index is 6.09. The molecule has 0 aliphatic carbocycles. The van der Waals surface area contributed by atoms with Gasteiger partial charge >= 0.3 is 0 Å². The smallest absolute Gasteiger partial charge is 0.138 e. The van der Waals surface area contributed by atoms with Crippen molar-refractivity contribution in [1.82, 2.24) is 9.97 Å². The average molecular weight is 292 g/mol. The van der Waals surface area contributed by atoms with E-state index in [-0.39, 0.29) is 5.41 Å². The molecular weight excluding hydrogens is 264 g/mol. The molecule has 0 amide bonds. The van der Waals surface area contributed by atoms with E-state index in [0.717, 1.165) is 49.8 Å². The van der Waals surface area contributed by atoms with Crippen LogP contribution in [0.1, 0.15) is 45.0 Å². The van der Waals surface area contributed by atoms with E-state index in [9.17, 15) is 0 Å². The van der Waals surface area contributed by atoms with Crippen molar-refractivity contribution in [3.8, 4) is 0 Å². The highest BCUT2D eigenvalue weighted by Gasteiger charge is 2.23. The molecule has 118 valence electrons. The lowest BCUT2D eigenvalue weighted by Crippen LogP contribution is -2.31. The number of nitrogens with two attached hydrogens (primary N) is 1. The zero-order valence-corrected chi connectivity index (χ0v) is 13.9. The van der Waals surface area contributed by atoms with Crippen molar-refractivity contribution < 1.29 is 4.74 Å². The minimum Gasteiger partial charge on any atom is -0.383 e. The van der Waals surface area contributed by atoms with Gasteiger partial charge in [0, 0.05) is 37.8 Å². The summed E-state index contributed by atoms with van der Waals surface area (Å²) < 4.78 is 5.43. The lowest BCUT2D eigenvalue weighted by atomic mass is 9.95. The molecule has 0 aromatic carbocycles. The Bertz CT molecular complexity index is 490. The van der Waals surface area contributed by atoms with Gasteiger partial charge in [0.2, 0.25) is 0 Å². The largest absolute Gasteiger partial charge is 0.383 e. The number of hydrogen-bond acceptors (Lipinski definition) is 5. The number of ether oxygens (including phenoxy) is 1. The van der Waals surface area contributed by atoms with Crippen LogP contribution in [-0.2, 0) is 10.2 Å². The molecule has 1 fully saturated rings. The fraction of sp³-hybridized carbons (Fsp3) is 0.750. The van der Waals surface area contributed by atoms with Gasteiger partial charge in [-0.1, -0.05) is 20.8 Å². The molecule has 1 aliphatic heterocycles. The first-order chi connectivity index (χ1) is 9.79. The number of rotatable bonds is 3. The molecule has 2 rings (SSSR count). The maximum Gasteiger partial charge on any atom is 0.138 e. The molecule has 5 heteroatoms. The SMILES string of the molecule is Cc1c(N)nc(C(C)(C)C)nc1N(C)CC1CCOCC1. The van der Waals surface area contributed by atoms with Crippen LogP contribution in [0, 0.1) is 12.8 Å². The molecule has 0 radical (unpaired) electrons. The van der Waals surface area contributed by atoms with E-state index in [1.165, 1.54) is 0 Å². The minimum atomic E-state index is -0.101. The van der Waals surface area contributed by atoms with E-state index < -0.39 is 0 Å². The van der Waals surface area contributed by atoms with E-state index in [1.807, 2.05) is 6.92 Å². The van der Waals surface area contributed by atoms with Crippen LogP contribution in [0.15, 0.2) is 0 Å². The molecule has 1 saturated heterocycles. The van der Waals surface area contributed by atoms with Crippen LogP contribution < -0.4 is 10.6 Å². The van der Waals surface area contributed by atoms with Crippen LogP contribution in [-0.4, -0.2) is 36.8 Å². The van der Waals surface area contributed by atoms with Crippen LogP contribution >= 0.6 is 0 Å². The third-order valence-electron chi connectivity index (χ3n) is 4.06. The lowest BCUT2D eigenvalue weighted by Gasteiger charge is -2.29. The van der Waals surface area contributed by atoms with Crippen LogP contribution in [0.2, 0.25) is 0 Å². The van der Waals surface area contributed by atoms with Crippen molar-refractivity contribution in [1.29, 1.82) is 0 Å². The van der Waals surface area contributed by atoms with Gasteiger partial charge in [0.15, 0.2) is 0 Å². The highest BCUT2D eigenvalue weighted by atomic mass is 16.5. The van der Waals surface area contributed by atoms with Crippen molar-refractivity contribution in [2.75, 3.05) is 37.4 Å². The summed E-state index contributed by atoms with van der Waals surface area (Å²) in [7, 11) is 2.09. The fourth-order valence-electron chi connectivity index (χ4n) is 2.63. The van der Waals surface area contributed by atoms with Gasteiger partial charge < -0.3 is 15.4 Å². The number of hydrogen-bond donors (Lipinski definition) is 1. The lowest BCUT2D eigenvalue weighted by molar-refractivity contribution is 0.0685. The van der Waals surface area contributed by atoms with Gasteiger partial charge in [-0.15, -0.1) is 0 Å². The second kappa shape index (κ2) is 6.18. The molecule has 1 aliphatic rings. The van der Waals surface area contributed by atoms with E-state index in [4.69, 9.17) is 15.5 Å². The number of nitrogen functional groups attached to an aromatic ring is 1. The van der Waals surface area contributed by atoms with Crippen molar-refractivity contribution in [3.63, 3.8) is 0 Å². The standard InChI is InChI=1S/C16H28N4O/c1-11-13(17)18-15(16(2,3)4)19-14(11)20(5)10-12-6-8-21-9-7-12/h12H,6-10H2,1-5H3,(H2,17,18,19). The second-order valence-corrected chi connectivity index (χ2v) is 7.07. The molecule has 1 aromatic heterocycles. The molecule has 0 unspecified atom stereocenters. The van der Waals surface area contributed by atoms with Gasteiger partial charge in [-0.05, 0) is 25.7 Å². The fourth-order valence-corrected chi connectivity index (χ4v) is 2.63. The predicted molar refractivity (Wildman–Crippen MR) is 86.7 cm³/mol. The summed E-state index contributed by atoms with van der Waals surface area (Å²) >= 11 is 0. The quantitative estimate of drug-likeness (QED) is 0.927. The normalized spacial score (nSPS) is 17.0. The van der Waals surface area contributed by atoms with E-state index in [0.29, 0.717) is 11.7 Å². The summed E-state index contributed by atoms with van der Waals surface area (Å²) in [4.78, 5) is 11.4. The molecule has 2 heterocycles. The summed E-state index contributed by atoms with van der Waals surface area (Å²) in [5, 5.41) is 0. The Labute approximate surface area is 127 Å². The Kier molecular flexibility index (Phi) is 4.71. The first kappa shape index (κ1) is 16.0. The van der Waals surface area contributed by atoms with Gasteiger partial charge in [-0.25, -0.2) is 9.97 Å². The number of nitrogens with zero attached hydrogens (tertiary/aromatic N) is 3. The second-order valence-electron chi connectivity index (χ2n) is 7.07. The monoisotopic (exact) mass is 292 g/mol. The van der Waals surface area contributed by atoms with Crippen LogP contribution in [0.3, 0.4) is 0 Å². The molecule has 1 aromatic rings.